The highest BCUT2D eigenvalue weighted by Gasteiger charge is 2.31. The third-order valence-electron chi connectivity index (χ3n) is 6.03. The summed E-state index contributed by atoms with van der Waals surface area (Å²) < 4.78 is 20.5. The summed E-state index contributed by atoms with van der Waals surface area (Å²) >= 11 is 0. The van der Waals surface area contributed by atoms with Crippen LogP contribution < -0.4 is 5.32 Å². The van der Waals surface area contributed by atoms with E-state index in [2.05, 4.69) is 5.32 Å². The van der Waals surface area contributed by atoms with Gasteiger partial charge in [0.05, 0.1) is 0 Å². The summed E-state index contributed by atoms with van der Waals surface area (Å²) in [6.07, 6.45) is -2.33. The highest BCUT2D eigenvalue weighted by atomic mass is 16.7. The first-order valence-corrected chi connectivity index (χ1v) is 12.7. The summed E-state index contributed by atoms with van der Waals surface area (Å²) in [4.78, 5) is 49.6. The molecular weight excluding hydrogens is 490 g/mol. The van der Waals surface area contributed by atoms with Crippen LogP contribution >= 0.6 is 0 Å². The first kappa shape index (κ1) is 28.7. The zero-order valence-electron chi connectivity index (χ0n) is 22.4. The van der Waals surface area contributed by atoms with Crippen LogP contribution in [0.4, 0.5) is 9.59 Å². The molecule has 1 N–H and O–H groups in total. The van der Waals surface area contributed by atoms with Crippen LogP contribution in [0.1, 0.15) is 70.9 Å². The average molecular weight is 526 g/mol. The van der Waals surface area contributed by atoms with E-state index in [9.17, 15) is 19.2 Å². The zero-order chi connectivity index (χ0) is 27.9. The molecule has 1 aliphatic carbocycles. The number of amides is 1. The quantitative estimate of drug-likeness (QED) is 0.259. The van der Waals surface area contributed by atoms with Crippen molar-refractivity contribution >= 4 is 24.2 Å². The van der Waals surface area contributed by atoms with Gasteiger partial charge in [-0.3, -0.25) is 4.79 Å². The molecule has 1 unspecified atom stereocenters. The lowest BCUT2D eigenvalue weighted by atomic mass is 9.98. The fourth-order valence-corrected chi connectivity index (χ4v) is 4.11. The van der Waals surface area contributed by atoms with Gasteiger partial charge >= 0.3 is 24.2 Å². The van der Waals surface area contributed by atoms with Gasteiger partial charge in [0.1, 0.15) is 24.4 Å². The van der Waals surface area contributed by atoms with Crippen molar-refractivity contribution in [2.45, 2.75) is 77.5 Å². The second-order valence-electron chi connectivity index (χ2n) is 10.2. The standard InChI is InChI=1S/C29H35NO8/c1-6-18(2)36-28(34)37-26(32)24(15-16-25(31)38-29(3,4)5)30-27(33)35-17-23-21-13-9-7-11-19(21)20-12-8-10-14-22(20)23/h7-14,18,23-24H,6,15-17H2,1-5H3,(H,30,33)/t18?,24-/m0/s1. The minimum Gasteiger partial charge on any atom is -0.460 e. The van der Waals surface area contributed by atoms with Crippen LogP contribution in [0.2, 0.25) is 0 Å². The van der Waals surface area contributed by atoms with E-state index < -0.39 is 41.9 Å². The first-order chi connectivity index (χ1) is 18.0. The van der Waals surface area contributed by atoms with Crippen LogP contribution in [0.25, 0.3) is 11.1 Å². The van der Waals surface area contributed by atoms with Crippen molar-refractivity contribution < 1.29 is 38.1 Å². The highest BCUT2D eigenvalue weighted by molar-refractivity contribution is 5.88. The normalized spacial score (nSPS) is 13.9. The first-order valence-electron chi connectivity index (χ1n) is 12.7. The van der Waals surface area contributed by atoms with E-state index in [0.717, 1.165) is 22.3 Å². The molecule has 0 bridgehead atoms. The minimum absolute atomic E-state index is 0.0315. The van der Waals surface area contributed by atoms with Gasteiger partial charge < -0.3 is 24.3 Å². The average Bonchev–Trinajstić information content (AvgIpc) is 3.17. The lowest BCUT2D eigenvalue weighted by Crippen LogP contribution is -2.43. The zero-order valence-corrected chi connectivity index (χ0v) is 22.4. The highest BCUT2D eigenvalue weighted by Crippen LogP contribution is 2.44. The van der Waals surface area contributed by atoms with Crippen molar-refractivity contribution in [3.63, 3.8) is 0 Å². The van der Waals surface area contributed by atoms with Gasteiger partial charge in [-0.1, -0.05) is 55.5 Å². The number of hydrogen-bond acceptors (Lipinski definition) is 8. The molecule has 0 saturated carbocycles. The number of carbonyl (C=O) groups is 4. The topological polar surface area (TPSA) is 117 Å². The van der Waals surface area contributed by atoms with Crippen molar-refractivity contribution in [2.75, 3.05) is 6.61 Å². The Morgan fingerprint density at radius 1 is 0.947 bits per heavy atom. The third-order valence-corrected chi connectivity index (χ3v) is 6.03. The molecule has 9 heteroatoms. The van der Waals surface area contributed by atoms with E-state index >= 15 is 0 Å². The molecule has 9 nitrogen and oxygen atoms in total. The largest absolute Gasteiger partial charge is 0.516 e. The molecule has 1 aliphatic rings. The molecule has 0 radical (unpaired) electrons. The van der Waals surface area contributed by atoms with Gasteiger partial charge in [-0.15, -0.1) is 0 Å². The number of carbonyl (C=O) groups excluding carboxylic acids is 4. The van der Waals surface area contributed by atoms with Crippen molar-refractivity contribution in [2.24, 2.45) is 0 Å². The second-order valence-corrected chi connectivity index (χ2v) is 10.2. The minimum atomic E-state index is -1.33. The van der Waals surface area contributed by atoms with E-state index in [1.54, 1.807) is 27.7 Å². The fraction of sp³-hybridized carbons (Fsp3) is 0.448. The molecule has 38 heavy (non-hydrogen) atoms. The van der Waals surface area contributed by atoms with Crippen molar-refractivity contribution in [1.29, 1.82) is 0 Å². The van der Waals surface area contributed by atoms with Gasteiger partial charge in [-0.25, -0.2) is 14.4 Å². The smallest absolute Gasteiger partial charge is 0.460 e. The van der Waals surface area contributed by atoms with E-state index in [1.165, 1.54) is 0 Å². The van der Waals surface area contributed by atoms with Gasteiger partial charge in [0, 0.05) is 12.3 Å². The van der Waals surface area contributed by atoms with Crippen molar-refractivity contribution in [3.05, 3.63) is 59.7 Å². The van der Waals surface area contributed by atoms with Crippen LogP contribution in [-0.4, -0.2) is 48.5 Å². The van der Waals surface area contributed by atoms with E-state index in [1.807, 2.05) is 55.5 Å². The molecule has 204 valence electrons. The fourth-order valence-electron chi connectivity index (χ4n) is 4.11. The third kappa shape index (κ3) is 7.81. The molecule has 3 rings (SSSR count). The van der Waals surface area contributed by atoms with Gasteiger partial charge in [0.2, 0.25) is 0 Å². The Hall–Kier alpha value is -3.88. The Bertz CT molecular complexity index is 1120. The number of alkyl carbamates (subject to hydrolysis) is 1. The van der Waals surface area contributed by atoms with E-state index in [-0.39, 0.29) is 25.4 Å². The van der Waals surface area contributed by atoms with Gasteiger partial charge in [0.15, 0.2) is 0 Å². The maximum Gasteiger partial charge on any atom is 0.516 e. The summed E-state index contributed by atoms with van der Waals surface area (Å²) in [5.74, 6) is -1.80. The molecule has 1 amide bonds. The molecule has 0 aliphatic heterocycles. The molecule has 2 atom stereocenters. The summed E-state index contributed by atoms with van der Waals surface area (Å²) in [7, 11) is 0. The van der Waals surface area contributed by atoms with E-state index in [4.69, 9.17) is 18.9 Å². The lowest BCUT2D eigenvalue weighted by molar-refractivity contribution is -0.155. The molecule has 2 aromatic rings. The van der Waals surface area contributed by atoms with Crippen LogP contribution in [0, 0.1) is 0 Å². The second kappa shape index (κ2) is 12.6. The molecule has 0 saturated heterocycles. The van der Waals surface area contributed by atoms with Crippen LogP contribution in [0.5, 0.6) is 0 Å². The summed E-state index contributed by atoms with van der Waals surface area (Å²) in [5, 5.41) is 2.43. The lowest BCUT2D eigenvalue weighted by Gasteiger charge is -2.21. The number of nitrogens with one attached hydrogen (secondary N) is 1. The number of fused-ring (bicyclic) bond motifs is 3. The molecular formula is C29H35NO8. The number of rotatable bonds is 9. The predicted molar refractivity (Wildman–Crippen MR) is 139 cm³/mol. The molecule has 2 aromatic carbocycles. The molecule has 0 fully saturated rings. The van der Waals surface area contributed by atoms with Gasteiger partial charge in [0.25, 0.3) is 0 Å². The number of ether oxygens (including phenoxy) is 4. The Morgan fingerprint density at radius 2 is 1.53 bits per heavy atom. The van der Waals surface area contributed by atoms with Crippen LogP contribution in [0.15, 0.2) is 48.5 Å². The molecule has 0 aromatic heterocycles. The SMILES string of the molecule is CCC(C)OC(=O)OC(=O)[C@H](CCC(=O)OC(C)(C)C)NC(=O)OCC1c2ccccc2-c2ccccc21. The van der Waals surface area contributed by atoms with E-state index in [0.29, 0.717) is 6.42 Å². The number of benzene rings is 2. The maximum atomic E-state index is 12.7. The van der Waals surface area contributed by atoms with Crippen molar-refractivity contribution in [3.8, 4) is 11.1 Å². The maximum absolute atomic E-state index is 12.7. The van der Waals surface area contributed by atoms with Gasteiger partial charge in [-0.2, -0.15) is 0 Å². The van der Waals surface area contributed by atoms with Crippen LogP contribution in [0.3, 0.4) is 0 Å². The number of esters is 2. The van der Waals surface area contributed by atoms with Crippen molar-refractivity contribution in [1.82, 2.24) is 5.32 Å². The Balaban J connectivity index is 1.66. The summed E-state index contributed by atoms with van der Waals surface area (Å²) in [5.41, 5.74) is 3.52. The summed E-state index contributed by atoms with van der Waals surface area (Å²) in [6.45, 7) is 8.65. The number of hydrogen-bond donors (Lipinski definition) is 1. The Labute approximate surface area is 222 Å². The molecule has 0 heterocycles. The Morgan fingerprint density at radius 3 is 2.08 bits per heavy atom. The predicted octanol–water partition coefficient (Wildman–Crippen LogP) is 5.49. The van der Waals surface area contributed by atoms with Gasteiger partial charge in [-0.05, 0) is 62.8 Å². The monoisotopic (exact) mass is 525 g/mol. The molecule has 0 spiro atoms. The van der Waals surface area contributed by atoms with Crippen LogP contribution in [-0.2, 0) is 28.5 Å². The Kier molecular flexibility index (Phi) is 9.50. The summed E-state index contributed by atoms with van der Waals surface area (Å²) in [6, 6.07) is 14.5.